The van der Waals surface area contributed by atoms with E-state index in [0.29, 0.717) is 35.4 Å². The van der Waals surface area contributed by atoms with Gasteiger partial charge in [0.25, 0.3) is 10.0 Å². The number of halogens is 1. The van der Waals surface area contributed by atoms with Gasteiger partial charge in [0.05, 0.1) is 18.8 Å². The number of para-hydroxylation sites is 2. The normalized spacial score (nSPS) is 14.1. The monoisotopic (exact) mass is 353 g/mol. The molecule has 0 aliphatic carbocycles. The first-order valence-electron chi connectivity index (χ1n) is 7.21. The third kappa shape index (κ3) is 2.96. The molecule has 0 saturated carbocycles. The molecule has 2 aromatic rings. The molecule has 2 aromatic carbocycles. The number of nitrogens with zero attached hydrogens (tertiary/aromatic N) is 1. The number of hydrogen-bond acceptors (Lipinski definition) is 4. The van der Waals surface area contributed by atoms with Crippen LogP contribution < -0.4 is 13.8 Å². The van der Waals surface area contributed by atoms with Crippen LogP contribution in [-0.2, 0) is 10.0 Å². The van der Waals surface area contributed by atoms with Gasteiger partial charge in [-0.1, -0.05) is 23.7 Å². The molecule has 23 heavy (non-hydrogen) atoms. The van der Waals surface area contributed by atoms with Crippen LogP contribution in [0.5, 0.6) is 11.5 Å². The number of hydrogen-bond donors (Lipinski definition) is 0. The molecule has 0 aromatic heterocycles. The van der Waals surface area contributed by atoms with Gasteiger partial charge in [-0.05, 0) is 37.3 Å². The standard InChI is InChI=1S/C16H16ClNO4S/c1-2-21-15-8-7-12(17)11-16(15)23(19,20)18-9-10-22-14-6-4-3-5-13(14)18/h3-8,11H,2,9-10H2,1H3. The maximum Gasteiger partial charge on any atom is 0.268 e. The van der Waals surface area contributed by atoms with Crippen molar-refractivity contribution in [3.05, 3.63) is 47.5 Å². The van der Waals surface area contributed by atoms with E-state index >= 15 is 0 Å². The first-order chi connectivity index (χ1) is 11.0. The number of ether oxygens (including phenoxy) is 2. The largest absolute Gasteiger partial charge is 0.492 e. The molecular formula is C16H16ClNO4S. The molecule has 5 nitrogen and oxygen atoms in total. The average Bonchev–Trinajstić information content (AvgIpc) is 2.56. The summed E-state index contributed by atoms with van der Waals surface area (Å²) in [5, 5.41) is 0.341. The van der Waals surface area contributed by atoms with Crippen LogP contribution in [0.1, 0.15) is 6.92 Å². The molecule has 122 valence electrons. The van der Waals surface area contributed by atoms with Gasteiger partial charge in [-0.2, -0.15) is 0 Å². The Bertz CT molecular complexity index is 823. The summed E-state index contributed by atoms with van der Waals surface area (Å²) >= 11 is 6.00. The molecule has 0 saturated heterocycles. The Morgan fingerprint density at radius 1 is 1.26 bits per heavy atom. The molecule has 0 fully saturated rings. The summed E-state index contributed by atoms with van der Waals surface area (Å²) in [6, 6.07) is 11.6. The third-order valence-corrected chi connectivity index (χ3v) is 5.53. The highest BCUT2D eigenvalue weighted by Crippen LogP contribution is 2.37. The Balaban J connectivity index is 2.12. The predicted octanol–water partition coefficient (Wildman–Crippen LogP) is 3.33. The van der Waals surface area contributed by atoms with Gasteiger partial charge in [-0.3, -0.25) is 4.31 Å². The van der Waals surface area contributed by atoms with Crippen molar-refractivity contribution in [3.8, 4) is 11.5 Å². The van der Waals surface area contributed by atoms with Crippen LogP contribution in [0, 0.1) is 0 Å². The third-order valence-electron chi connectivity index (χ3n) is 3.46. The van der Waals surface area contributed by atoms with E-state index in [0.717, 1.165) is 0 Å². The van der Waals surface area contributed by atoms with Gasteiger partial charge in [-0.25, -0.2) is 8.42 Å². The first-order valence-corrected chi connectivity index (χ1v) is 9.02. The zero-order valence-electron chi connectivity index (χ0n) is 12.5. The van der Waals surface area contributed by atoms with E-state index < -0.39 is 10.0 Å². The van der Waals surface area contributed by atoms with Crippen molar-refractivity contribution in [2.24, 2.45) is 0 Å². The van der Waals surface area contributed by atoms with Crippen molar-refractivity contribution in [3.63, 3.8) is 0 Å². The Morgan fingerprint density at radius 2 is 2.04 bits per heavy atom. The van der Waals surface area contributed by atoms with E-state index in [9.17, 15) is 8.42 Å². The molecule has 0 unspecified atom stereocenters. The minimum absolute atomic E-state index is 0.0588. The molecule has 1 aliphatic rings. The summed E-state index contributed by atoms with van der Waals surface area (Å²) in [5.74, 6) is 0.836. The van der Waals surface area contributed by atoms with E-state index in [4.69, 9.17) is 21.1 Å². The summed E-state index contributed by atoms with van der Waals surface area (Å²) < 4.78 is 38.6. The fourth-order valence-electron chi connectivity index (χ4n) is 2.47. The molecule has 1 aliphatic heterocycles. The summed E-state index contributed by atoms with van der Waals surface area (Å²) in [5.41, 5.74) is 0.515. The van der Waals surface area contributed by atoms with Crippen LogP contribution in [0.3, 0.4) is 0 Å². The van der Waals surface area contributed by atoms with Crippen LogP contribution in [0.4, 0.5) is 5.69 Å². The Hall–Kier alpha value is -1.92. The zero-order chi connectivity index (χ0) is 16.4. The predicted molar refractivity (Wildman–Crippen MR) is 89.1 cm³/mol. The lowest BCUT2D eigenvalue weighted by Gasteiger charge is -2.30. The Kier molecular flexibility index (Phi) is 4.37. The number of benzene rings is 2. The maximum absolute atomic E-state index is 13.1. The quantitative estimate of drug-likeness (QED) is 0.846. The lowest BCUT2D eigenvalue weighted by molar-refractivity contribution is 0.315. The van der Waals surface area contributed by atoms with Crippen molar-refractivity contribution in [2.45, 2.75) is 11.8 Å². The Morgan fingerprint density at radius 3 is 2.83 bits per heavy atom. The van der Waals surface area contributed by atoms with E-state index in [2.05, 4.69) is 0 Å². The number of rotatable bonds is 4. The summed E-state index contributed by atoms with van der Waals surface area (Å²) in [7, 11) is -3.81. The molecule has 7 heteroatoms. The maximum atomic E-state index is 13.1. The van der Waals surface area contributed by atoms with Crippen LogP contribution in [0.15, 0.2) is 47.4 Å². The van der Waals surface area contributed by atoms with Gasteiger partial charge >= 0.3 is 0 Å². The fourth-order valence-corrected chi connectivity index (χ4v) is 4.33. The molecule has 0 bridgehead atoms. The minimum Gasteiger partial charge on any atom is -0.492 e. The average molecular weight is 354 g/mol. The van der Waals surface area contributed by atoms with E-state index in [1.807, 2.05) is 0 Å². The van der Waals surface area contributed by atoms with Gasteiger partial charge in [-0.15, -0.1) is 0 Å². The lowest BCUT2D eigenvalue weighted by Crippen LogP contribution is -2.38. The second-order valence-corrected chi connectivity index (χ2v) is 7.18. The van der Waals surface area contributed by atoms with Crippen LogP contribution in [0.2, 0.25) is 5.02 Å². The SMILES string of the molecule is CCOc1ccc(Cl)cc1S(=O)(=O)N1CCOc2ccccc21. The van der Waals surface area contributed by atoms with Crippen molar-refractivity contribution in [1.82, 2.24) is 0 Å². The highest BCUT2D eigenvalue weighted by Gasteiger charge is 2.32. The summed E-state index contributed by atoms with van der Waals surface area (Å²) in [6.07, 6.45) is 0. The number of fused-ring (bicyclic) bond motifs is 1. The minimum atomic E-state index is -3.81. The second-order valence-electron chi connectivity index (χ2n) is 4.92. The van der Waals surface area contributed by atoms with E-state index in [1.165, 1.54) is 10.4 Å². The van der Waals surface area contributed by atoms with Gasteiger partial charge in [0.1, 0.15) is 23.0 Å². The van der Waals surface area contributed by atoms with Crippen molar-refractivity contribution >= 4 is 27.3 Å². The molecule has 0 spiro atoms. The molecule has 0 N–H and O–H groups in total. The molecule has 1 heterocycles. The van der Waals surface area contributed by atoms with Crippen molar-refractivity contribution in [2.75, 3.05) is 24.1 Å². The van der Waals surface area contributed by atoms with E-state index in [-0.39, 0.29) is 11.4 Å². The molecule has 0 radical (unpaired) electrons. The van der Waals surface area contributed by atoms with Gasteiger partial charge in [0.15, 0.2) is 0 Å². The second kappa shape index (κ2) is 6.29. The molecular weight excluding hydrogens is 338 g/mol. The highest BCUT2D eigenvalue weighted by atomic mass is 35.5. The van der Waals surface area contributed by atoms with Crippen molar-refractivity contribution in [1.29, 1.82) is 0 Å². The number of anilines is 1. The molecule has 3 rings (SSSR count). The van der Waals surface area contributed by atoms with Crippen LogP contribution in [0.25, 0.3) is 0 Å². The molecule has 0 atom stereocenters. The first kappa shape index (κ1) is 16.0. The van der Waals surface area contributed by atoms with Gasteiger partial charge in [0.2, 0.25) is 0 Å². The molecule has 0 amide bonds. The zero-order valence-corrected chi connectivity index (χ0v) is 14.1. The van der Waals surface area contributed by atoms with Crippen LogP contribution >= 0.6 is 11.6 Å². The van der Waals surface area contributed by atoms with Crippen LogP contribution in [-0.4, -0.2) is 28.2 Å². The number of sulfonamides is 1. The summed E-state index contributed by atoms with van der Waals surface area (Å²) in [4.78, 5) is 0.0588. The van der Waals surface area contributed by atoms with Gasteiger partial charge < -0.3 is 9.47 Å². The van der Waals surface area contributed by atoms with E-state index in [1.54, 1.807) is 43.3 Å². The lowest BCUT2D eigenvalue weighted by atomic mass is 10.2. The fraction of sp³-hybridized carbons (Fsp3) is 0.250. The highest BCUT2D eigenvalue weighted by molar-refractivity contribution is 7.93. The Labute approximate surface area is 140 Å². The smallest absolute Gasteiger partial charge is 0.268 e. The van der Waals surface area contributed by atoms with Crippen molar-refractivity contribution < 1.29 is 17.9 Å². The summed E-state index contributed by atoms with van der Waals surface area (Å²) in [6.45, 7) is 2.69. The topological polar surface area (TPSA) is 55.8 Å². The van der Waals surface area contributed by atoms with Gasteiger partial charge in [0, 0.05) is 5.02 Å².